The second kappa shape index (κ2) is 6.65. The molecule has 0 atom stereocenters. The molecule has 0 spiro atoms. The van der Waals surface area contributed by atoms with E-state index >= 15 is 0 Å². The SMILES string of the molecule is COc1ncccc1C(=O)NCc1nccc(N(C)C)n1. The fraction of sp³-hybridized carbons (Fsp3) is 0.286. The molecule has 110 valence electrons. The molecule has 1 N–H and O–H groups in total. The van der Waals surface area contributed by atoms with Crippen molar-refractivity contribution in [2.24, 2.45) is 0 Å². The standard InChI is InChI=1S/C14H17N5O2/c1-19(2)12-6-8-15-11(18-12)9-17-13(20)10-5-4-7-16-14(10)21-3/h4-8H,9H2,1-3H3,(H,17,20). The van der Waals surface area contributed by atoms with E-state index in [4.69, 9.17) is 4.74 Å². The number of rotatable bonds is 5. The highest BCUT2D eigenvalue weighted by Gasteiger charge is 2.13. The summed E-state index contributed by atoms with van der Waals surface area (Å²) in [7, 11) is 5.26. The largest absolute Gasteiger partial charge is 0.480 e. The van der Waals surface area contributed by atoms with Crippen molar-refractivity contribution in [2.75, 3.05) is 26.1 Å². The topological polar surface area (TPSA) is 80.2 Å². The van der Waals surface area contributed by atoms with Gasteiger partial charge in [0.2, 0.25) is 5.88 Å². The van der Waals surface area contributed by atoms with Crippen LogP contribution in [0.4, 0.5) is 5.82 Å². The Morgan fingerprint density at radius 1 is 1.29 bits per heavy atom. The molecule has 7 nitrogen and oxygen atoms in total. The molecule has 2 aromatic heterocycles. The number of amides is 1. The Morgan fingerprint density at radius 3 is 2.81 bits per heavy atom. The van der Waals surface area contributed by atoms with Crippen LogP contribution in [0.3, 0.4) is 0 Å². The number of hydrogen-bond acceptors (Lipinski definition) is 6. The van der Waals surface area contributed by atoms with Gasteiger partial charge in [0.05, 0.1) is 13.7 Å². The fourth-order valence-corrected chi connectivity index (χ4v) is 1.70. The first kappa shape index (κ1) is 14.7. The van der Waals surface area contributed by atoms with Gasteiger partial charge in [-0.05, 0) is 18.2 Å². The zero-order valence-corrected chi connectivity index (χ0v) is 12.2. The van der Waals surface area contributed by atoms with E-state index in [0.29, 0.717) is 11.4 Å². The van der Waals surface area contributed by atoms with Crippen molar-refractivity contribution in [2.45, 2.75) is 6.54 Å². The van der Waals surface area contributed by atoms with Crippen molar-refractivity contribution in [1.82, 2.24) is 20.3 Å². The molecule has 0 aromatic carbocycles. The number of ether oxygens (including phenoxy) is 1. The van der Waals surface area contributed by atoms with Crippen molar-refractivity contribution in [3.05, 3.63) is 42.0 Å². The van der Waals surface area contributed by atoms with Crippen LogP contribution in [0.15, 0.2) is 30.6 Å². The van der Waals surface area contributed by atoms with Crippen LogP contribution in [0.25, 0.3) is 0 Å². The maximum Gasteiger partial charge on any atom is 0.257 e. The molecule has 0 aliphatic carbocycles. The lowest BCUT2D eigenvalue weighted by Crippen LogP contribution is -2.25. The molecule has 21 heavy (non-hydrogen) atoms. The van der Waals surface area contributed by atoms with Crippen molar-refractivity contribution in [1.29, 1.82) is 0 Å². The predicted octanol–water partition coefficient (Wildman–Crippen LogP) is 0.876. The normalized spacial score (nSPS) is 10.0. The highest BCUT2D eigenvalue weighted by atomic mass is 16.5. The molecule has 0 aliphatic heterocycles. The number of hydrogen-bond donors (Lipinski definition) is 1. The molecule has 2 rings (SSSR count). The highest BCUT2D eigenvalue weighted by molar-refractivity contribution is 5.96. The van der Waals surface area contributed by atoms with E-state index in [9.17, 15) is 4.79 Å². The molecule has 1 amide bonds. The van der Waals surface area contributed by atoms with Crippen LogP contribution in [-0.4, -0.2) is 42.1 Å². The van der Waals surface area contributed by atoms with Crippen molar-refractivity contribution in [3.8, 4) is 5.88 Å². The Kier molecular flexibility index (Phi) is 4.65. The van der Waals surface area contributed by atoms with E-state index in [1.54, 1.807) is 30.6 Å². The third-order valence-electron chi connectivity index (χ3n) is 2.77. The molecule has 0 radical (unpaired) electrons. The molecule has 2 heterocycles. The number of aromatic nitrogens is 3. The minimum Gasteiger partial charge on any atom is -0.480 e. The van der Waals surface area contributed by atoms with Gasteiger partial charge in [-0.2, -0.15) is 0 Å². The lowest BCUT2D eigenvalue weighted by Gasteiger charge is -2.12. The molecule has 7 heteroatoms. The summed E-state index contributed by atoms with van der Waals surface area (Å²) in [5.41, 5.74) is 0.378. The first-order valence-electron chi connectivity index (χ1n) is 6.38. The van der Waals surface area contributed by atoms with E-state index in [1.165, 1.54) is 7.11 Å². The number of methoxy groups -OCH3 is 1. The van der Waals surface area contributed by atoms with E-state index in [1.807, 2.05) is 19.0 Å². The van der Waals surface area contributed by atoms with Crippen LogP contribution < -0.4 is 15.0 Å². The first-order chi connectivity index (χ1) is 10.1. The summed E-state index contributed by atoms with van der Waals surface area (Å²) in [6, 6.07) is 5.13. The van der Waals surface area contributed by atoms with Crippen LogP contribution in [0, 0.1) is 0 Å². The van der Waals surface area contributed by atoms with Crippen LogP contribution in [0.5, 0.6) is 5.88 Å². The van der Waals surface area contributed by atoms with E-state index in [-0.39, 0.29) is 18.3 Å². The molecular formula is C14H17N5O2. The lowest BCUT2D eigenvalue weighted by molar-refractivity contribution is 0.0946. The lowest BCUT2D eigenvalue weighted by atomic mass is 10.2. The average molecular weight is 287 g/mol. The maximum atomic E-state index is 12.1. The second-order valence-electron chi connectivity index (χ2n) is 4.47. The number of anilines is 1. The van der Waals surface area contributed by atoms with Gasteiger partial charge in [-0.25, -0.2) is 15.0 Å². The van der Waals surface area contributed by atoms with Gasteiger partial charge in [0.15, 0.2) is 0 Å². The smallest absolute Gasteiger partial charge is 0.257 e. The maximum absolute atomic E-state index is 12.1. The Balaban J connectivity index is 2.06. The van der Waals surface area contributed by atoms with E-state index in [0.717, 1.165) is 5.82 Å². The van der Waals surface area contributed by atoms with Crippen molar-refractivity contribution >= 4 is 11.7 Å². The molecule has 0 fully saturated rings. The molecule has 0 saturated heterocycles. The number of nitrogens with zero attached hydrogens (tertiary/aromatic N) is 4. The summed E-state index contributed by atoms with van der Waals surface area (Å²) >= 11 is 0. The Labute approximate surface area is 123 Å². The van der Waals surface area contributed by atoms with Gasteiger partial charge in [-0.1, -0.05) is 0 Å². The van der Waals surface area contributed by atoms with Gasteiger partial charge < -0.3 is 15.0 Å². The van der Waals surface area contributed by atoms with Crippen molar-refractivity contribution in [3.63, 3.8) is 0 Å². The van der Waals surface area contributed by atoms with Crippen LogP contribution in [-0.2, 0) is 6.54 Å². The molecule has 0 unspecified atom stereocenters. The molecule has 0 aliphatic rings. The molecule has 0 bridgehead atoms. The third kappa shape index (κ3) is 3.65. The monoisotopic (exact) mass is 287 g/mol. The Hall–Kier alpha value is -2.70. The van der Waals surface area contributed by atoms with E-state index < -0.39 is 0 Å². The molecule has 2 aromatic rings. The van der Waals surface area contributed by atoms with Gasteiger partial charge in [-0.3, -0.25) is 4.79 Å². The van der Waals surface area contributed by atoms with Gasteiger partial charge in [0, 0.05) is 26.5 Å². The van der Waals surface area contributed by atoms with Crippen LogP contribution in [0.1, 0.15) is 16.2 Å². The van der Waals surface area contributed by atoms with Gasteiger partial charge >= 0.3 is 0 Å². The average Bonchev–Trinajstić information content (AvgIpc) is 2.52. The predicted molar refractivity (Wildman–Crippen MR) is 78.3 cm³/mol. The second-order valence-corrected chi connectivity index (χ2v) is 4.47. The molecular weight excluding hydrogens is 270 g/mol. The molecule has 0 saturated carbocycles. The highest BCUT2D eigenvalue weighted by Crippen LogP contribution is 2.13. The Morgan fingerprint density at radius 2 is 2.10 bits per heavy atom. The quantitative estimate of drug-likeness (QED) is 0.879. The summed E-state index contributed by atoms with van der Waals surface area (Å²) in [5, 5.41) is 2.75. The van der Waals surface area contributed by atoms with Gasteiger partial charge in [0.1, 0.15) is 17.2 Å². The fourth-order valence-electron chi connectivity index (χ4n) is 1.70. The minimum atomic E-state index is -0.279. The summed E-state index contributed by atoms with van der Waals surface area (Å²) in [6.45, 7) is 0.235. The van der Waals surface area contributed by atoms with Crippen LogP contribution in [0.2, 0.25) is 0 Å². The minimum absolute atomic E-state index is 0.235. The van der Waals surface area contributed by atoms with Crippen LogP contribution >= 0.6 is 0 Å². The number of carbonyl (C=O) groups excluding carboxylic acids is 1. The summed E-state index contributed by atoms with van der Waals surface area (Å²) in [4.78, 5) is 26.4. The van der Waals surface area contributed by atoms with Gasteiger partial charge in [0.25, 0.3) is 5.91 Å². The third-order valence-corrected chi connectivity index (χ3v) is 2.77. The number of nitrogens with one attached hydrogen (secondary N) is 1. The van der Waals surface area contributed by atoms with Gasteiger partial charge in [-0.15, -0.1) is 0 Å². The zero-order chi connectivity index (χ0) is 15.2. The summed E-state index contributed by atoms with van der Waals surface area (Å²) in [6.07, 6.45) is 3.23. The Bertz CT molecular complexity index is 630. The zero-order valence-electron chi connectivity index (χ0n) is 12.2. The number of pyridine rings is 1. The number of carbonyl (C=O) groups is 1. The summed E-state index contributed by atoms with van der Waals surface area (Å²) < 4.78 is 5.06. The first-order valence-corrected chi connectivity index (χ1v) is 6.38. The van der Waals surface area contributed by atoms with E-state index in [2.05, 4.69) is 20.3 Å². The van der Waals surface area contributed by atoms with Crippen molar-refractivity contribution < 1.29 is 9.53 Å². The summed E-state index contributed by atoms with van der Waals surface area (Å²) in [5.74, 6) is 1.34.